The van der Waals surface area contributed by atoms with Gasteiger partial charge < -0.3 is 9.47 Å². The fourth-order valence-corrected chi connectivity index (χ4v) is 4.70. The largest absolute Gasteiger partial charge is 0.496 e. The lowest BCUT2D eigenvalue weighted by molar-refractivity contribution is -0.150. The molecule has 0 bridgehead atoms. The molecule has 34 heavy (non-hydrogen) atoms. The van der Waals surface area contributed by atoms with Gasteiger partial charge in [-0.1, -0.05) is 36.4 Å². The van der Waals surface area contributed by atoms with Crippen LogP contribution >= 0.6 is 0 Å². The Morgan fingerprint density at radius 1 is 1.15 bits per heavy atom. The molecule has 2 aliphatic heterocycles. The van der Waals surface area contributed by atoms with Crippen molar-refractivity contribution in [3.63, 3.8) is 0 Å². The van der Waals surface area contributed by atoms with Crippen LogP contribution in [-0.2, 0) is 14.3 Å². The van der Waals surface area contributed by atoms with E-state index < -0.39 is 6.04 Å². The summed E-state index contributed by atoms with van der Waals surface area (Å²) in [4.78, 5) is 27.7. The maximum atomic E-state index is 14.5. The summed E-state index contributed by atoms with van der Waals surface area (Å²) in [5, 5.41) is 6.04. The van der Waals surface area contributed by atoms with Crippen LogP contribution in [0.2, 0.25) is 0 Å². The molecule has 0 saturated carbocycles. The van der Waals surface area contributed by atoms with Crippen molar-refractivity contribution in [2.24, 2.45) is 11.0 Å². The van der Waals surface area contributed by atoms with Crippen LogP contribution in [0.5, 0.6) is 5.75 Å². The number of piperidine rings is 1. The minimum absolute atomic E-state index is 0.121. The quantitative estimate of drug-likeness (QED) is 0.580. The van der Waals surface area contributed by atoms with E-state index in [0.29, 0.717) is 36.6 Å². The zero-order valence-corrected chi connectivity index (χ0v) is 19.6. The zero-order chi connectivity index (χ0) is 24.1. The fraction of sp³-hybridized carbons (Fsp3) is 0.423. The Hall–Kier alpha value is -3.26. The summed E-state index contributed by atoms with van der Waals surface area (Å²) in [6, 6.07) is 13.5. The standard InChI is InChI=1S/C26H30FN3O4/c1-3-34-26(32)18-9-8-14-29(16-18)17-25(31)30-23(20-11-5-7-13-24(20)33-2)15-22(28-30)19-10-4-6-12-21(19)27/h4-7,10-13,18,23H,3,8-9,14-17H2,1-2H3/t18-,23+/m0/s1. The Bertz CT molecular complexity index is 1070. The zero-order valence-electron chi connectivity index (χ0n) is 19.6. The highest BCUT2D eigenvalue weighted by molar-refractivity contribution is 6.03. The number of benzene rings is 2. The Morgan fingerprint density at radius 3 is 2.68 bits per heavy atom. The van der Waals surface area contributed by atoms with Crippen LogP contribution in [0.15, 0.2) is 53.6 Å². The lowest BCUT2D eigenvalue weighted by atomic mass is 9.97. The Labute approximate surface area is 199 Å². The van der Waals surface area contributed by atoms with Crippen LogP contribution in [0.4, 0.5) is 4.39 Å². The molecule has 0 unspecified atom stereocenters. The summed E-state index contributed by atoms with van der Waals surface area (Å²) in [7, 11) is 1.59. The number of hydrogen-bond donors (Lipinski definition) is 0. The minimum Gasteiger partial charge on any atom is -0.496 e. The topological polar surface area (TPSA) is 71.4 Å². The van der Waals surface area contributed by atoms with Crippen LogP contribution in [0.3, 0.4) is 0 Å². The van der Waals surface area contributed by atoms with Crippen LogP contribution < -0.4 is 4.74 Å². The molecular formula is C26H30FN3O4. The van der Waals surface area contributed by atoms with Crippen molar-refractivity contribution in [3.05, 3.63) is 65.5 Å². The number of ether oxygens (including phenoxy) is 2. The van der Waals surface area contributed by atoms with Gasteiger partial charge in [0.25, 0.3) is 5.91 Å². The number of hydrazone groups is 1. The molecule has 0 radical (unpaired) electrons. The lowest BCUT2D eigenvalue weighted by Crippen LogP contribution is -2.44. The van der Waals surface area contributed by atoms with Gasteiger partial charge in [0, 0.05) is 24.1 Å². The van der Waals surface area contributed by atoms with Crippen LogP contribution in [0.1, 0.15) is 43.4 Å². The average molecular weight is 468 g/mol. The molecule has 2 atom stereocenters. The lowest BCUT2D eigenvalue weighted by Gasteiger charge is -2.32. The molecule has 1 saturated heterocycles. The molecule has 4 rings (SSSR count). The number of rotatable bonds is 7. The predicted octanol–water partition coefficient (Wildman–Crippen LogP) is 3.79. The SMILES string of the molecule is CCOC(=O)[C@H]1CCCN(CC(=O)N2N=C(c3ccccc3F)C[C@@H]2c2ccccc2OC)C1. The third kappa shape index (κ3) is 5.12. The number of nitrogens with zero attached hydrogens (tertiary/aromatic N) is 3. The number of halogens is 1. The monoisotopic (exact) mass is 467 g/mol. The Balaban J connectivity index is 1.58. The highest BCUT2D eigenvalue weighted by Gasteiger charge is 2.37. The first-order chi connectivity index (χ1) is 16.5. The molecule has 180 valence electrons. The summed E-state index contributed by atoms with van der Waals surface area (Å²) < 4.78 is 25.3. The summed E-state index contributed by atoms with van der Waals surface area (Å²) in [6.45, 7) is 3.45. The van der Waals surface area contributed by atoms with E-state index in [0.717, 1.165) is 24.9 Å². The average Bonchev–Trinajstić information content (AvgIpc) is 3.30. The fourth-order valence-electron chi connectivity index (χ4n) is 4.70. The molecule has 2 aromatic carbocycles. The van der Waals surface area contributed by atoms with E-state index in [9.17, 15) is 14.0 Å². The summed E-state index contributed by atoms with van der Waals surface area (Å²) in [6.07, 6.45) is 1.95. The van der Waals surface area contributed by atoms with Gasteiger partial charge in [0.1, 0.15) is 11.6 Å². The molecule has 2 heterocycles. The maximum absolute atomic E-state index is 14.5. The van der Waals surface area contributed by atoms with Crippen molar-refractivity contribution in [1.82, 2.24) is 9.91 Å². The first-order valence-electron chi connectivity index (χ1n) is 11.7. The predicted molar refractivity (Wildman–Crippen MR) is 126 cm³/mol. The van der Waals surface area contributed by atoms with Crippen molar-refractivity contribution in [2.75, 3.05) is 33.4 Å². The number of esters is 1. The molecule has 0 aliphatic carbocycles. The molecule has 0 spiro atoms. The van der Waals surface area contributed by atoms with Crippen molar-refractivity contribution in [1.29, 1.82) is 0 Å². The maximum Gasteiger partial charge on any atom is 0.310 e. The summed E-state index contributed by atoms with van der Waals surface area (Å²) in [5.41, 5.74) is 1.72. The van der Waals surface area contributed by atoms with E-state index in [2.05, 4.69) is 5.10 Å². The van der Waals surface area contributed by atoms with E-state index in [-0.39, 0.29) is 30.2 Å². The molecule has 1 fully saturated rings. The van der Waals surface area contributed by atoms with E-state index in [4.69, 9.17) is 9.47 Å². The van der Waals surface area contributed by atoms with Crippen molar-refractivity contribution < 1.29 is 23.5 Å². The van der Waals surface area contributed by atoms with Crippen LogP contribution in [-0.4, -0.2) is 60.8 Å². The molecule has 2 aliphatic rings. The second kappa shape index (κ2) is 10.8. The molecule has 2 aromatic rings. The third-order valence-electron chi connectivity index (χ3n) is 6.33. The van der Waals surface area contributed by atoms with E-state index >= 15 is 0 Å². The Morgan fingerprint density at radius 2 is 1.91 bits per heavy atom. The molecular weight excluding hydrogens is 437 g/mol. The van der Waals surface area contributed by atoms with E-state index in [1.54, 1.807) is 32.2 Å². The van der Waals surface area contributed by atoms with Crippen molar-refractivity contribution in [2.45, 2.75) is 32.2 Å². The first-order valence-corrected chi connectivity index (χ1v) is 11.7. The van der Waals surface area contributed by atoms with Gasteiger partial charge in [0.2, 0.25) is 0 Å². The first kappa shape index (κ1) is 23.9. The van der Waals surface area contributed by atoms with Gasteiger partial charge >= 0.3 is 5.97 Å². The second-order valence-electron chi connectivity index (χ2n) is 8.55. The number of para-hydroxylation sites is 1. The van der Waals surface area contributed by atoms with Gasteiger partial charge in [-0.2, -0.15) is 5.10 Å². The number of amides is 1. The highest BCUT2D eigenvalue weighted by atomic mass is 19.1. The smallest absolute Gasteiger partial charge is 0.310 e. The second-order valence-corrected chi connectivity index (χ2v) is 8.55. The van der Waals surface area contributed by atoms with Gasteiger partial charge in [-0.3, -0.25) is 14.5 Å². The number of carbonyl (C=O) groups excluding carboxylic acids is 2. The van der Waals surface area contributed by atoms with Gasteiger partial charge in [-0.25, -0.2) is 9.40 Å². The molecule has 8 heteroatoms. The van der Waals surface area contributed by atoms with Crippen molar-refractivity contribution >= 4 is 17.6 Å². The van der Waals surface area contributed by atoms with Crippen LogP contribution in [0.25, 0.3) is 0 Å². The van der Waals surface area contributed by atoms with Crippen LogP contribution in [0, 0.1) is 11.7 Å². The molecule has 0 aromatic heterocycles. The summed E-state index contributed by atoms with van der Waals surface area (Å²) >= 11 is 0. The third-order valence-corrected chi connectivity index (χ3v) is 6.33. The Kier molecular flexibility index (Phi) is 7.57. The molecule has 7 nitrogen and oxygen atoms in total. The van der Waals surface area contributed by atoms with Gasteiger partial charge in [0.05, 0.1) is 37.9 Å². The van der Waals surface area contributed by atoms with E-state index in [1.165, 1.54) is 11.1 Å². The van der Waals surface area contributed by atoms with Gasteiger partial charge in [0.15, 0.2) is 0 Å². The highest BCUT2D eigenvalue weighted by Crippen LogP contribution is 2.38. The summed E-state index contributed by atoms with van der Waals surface area (Å²) in [5.74, 6) is -0.375. The minimum atomic E-state index is -0.413. The number of methoxy groups -OCH3 is 1. The normalized spacial score (nSPS) is 20.7. The molecule has 0 N–H and O–H groups in total. The van der Waals surface area contributed by atoms with E-state index in [1.807, 2.05) is 29.2 Å². The van der Waals surface area contributed by atoms with Gasteiger partial charge in [-0.15, -0.1) is 0 Å². The number of likely N-dealkylation sites (tertiary alicyclic amines) is 1. The molecule has 1 amide bonds. The van der Waals surface area contributed by atoms with Gasteiger partial charge in [-0.05, 0) is 38.4 Å². The number of carbonyl (C=O) groups is 2. The van der Waals surface area contributed by atoms with Crippen molar-refractivity contribution in [3.8, 4) is 5.75 Å². The number of hydrogen-bond acceptors (Lipinski definition) is 6.